The predicted octanol–water partition coefficient (Wildman–Crippen LogP) is 2.85. The number of carbonyl (C=O) groups is 1. The molecule has 1 saturated heterocycles. The van der Waals surface area contributed by atoms with Crippen LogP contribution in [0.15, 0.2) is 42.5 Å². The Morgan fingerprint density at radius 1 is 1.28 bits per heavy atom. The van der Waals surface area contributed by atoms with E-state index in [1.165, 1.54) is 4.90 Å². The number of β-amino-alcohol motifs (C(OH)–C–C–N with tert-alkyl or cyclic N) is 1. The van der Waals surface area contributed by atoms with Gasteiger partial charge in [0.2, 0.25) is 5.91 Å². The first-order valence-corrected chi connectivity index (χ1v) is 8.03. The molecule has 0 aliphatic carbocycles. The lowest BCUT2D eigenvalue weighted by atomic mass is 10.0. The molecule has 0 aromatic heterocycles. The second-order valence-electron chi connectivity index (χ2n) is 6.15. The van der Waals surface area contributed by atoms with Gasteiger partial charge in [0.15, 0.2) is 0 Å². The Bertz CT molecular complexity index is 781. The van der Waals surface area contributed by atoms with E-state index in [1.807, 2.05) is 0 Å². The molecular formula is C19H19F2NO3. The Labute approximate surface area is 144 Å². The Balaban J connectivity index is 1.83. The highest BCUT2D eigenvalue weighted by molar-refractivity contribution is 5.79. The van der Waals surface area contributed by atoms with E-state index >= 15 is 0 Å². The zero-order valence-electron chi connectivity index (χ0n) is 13.8. The van der Waals surface area contributed by atoms with Crippen LogP contribution in [0.2, 0.25) is 0 Å². The number of carbonyl (C=O) groups excluding carboxylic acids is 1. The van der Waals surface area contributed by atoms with Crippen molar-refractivity contribution in [3.8, 4) is 5.75 Å². The Kier molecular flexibility index (Phi) is 4.99. The maximum Gasteiger partial charge on any atom is 0.227 e. The van der Waals surface area contributed by atoms with E-state index in [0.717, 1.165) is 23.8 Å². The summed E-state index contributed by atoms with van der Waals surface area (Å²) in [4.78, 5) is 14.1. The van der Waals surface area contributed by atoms with Gasteiger partial charge in [-0.05, 0) is 42.3 Å². The van der Waals surface area contributed by atoms with Gasteiger partial charge in [0, 0.05) is 12.1 Å². The first kappa shape index (κ1) is 17.4. The summed E-state index contributed by atoms with van der Waals surface area (Å²) in [6.45, 7) is 0.101. The zero-order chi connectivity index (χ0) is 18.0. The summed E-state index contributed by atoms with van der Waals surface area (Å²) in [5, 5.41) is 9.96. The van der Waals surface area contributed by atoms with Gasteiger partial charge in [-0.15, -0.1) is 0 Å². The van der Waals surface area contributed by atoms with Gasteiger partial charge in [-0.3, -0.25) is 4.79 Å². The van der Waals surface area contributed by atoms with E-state index in [9.17, 15) is 18.7 Å². The van der Waals surface area contributed by atoms with Crippen molar-refractivity contribution in [2.24, 2.45) is 0 Å². The molecule has 1 fully saturated rings. The lowest BCUT2D eigenvalue weighted by molar-refractivity contribution is -0.131. The smallest absolute Gasteiger partial charge is 0.227 e. The van der Waals surface area contributed by atoms with Gasteiger partial charge in [-0.25, -0.2) is 8.78 Å². The largest absolute Gasteiger partial charge is 0.497 e. The van der Waals surface area contributed by atoms with E-state index < -0.39 is 23.8 Å². The highest BCUT2D eigenvalue weighted by Crippen LogP contribution is 2.34. The van der Waals surface area contributed by atoms with E-state index in [2.05, 4.69) is 0 Å². The van der Waals surface area contributed by atoms with Gasteiger partial charge in [-0.2, -0.15) is 0 Å². The van der Waals surface area contributed by atoms with Crippen molar-refractivity contribution in [1.29, 1.82) is 0 Å². The molecule has 3 rings (SSSR count). The molecule has 0 unspecified atom stereocenters. The molecule has 0 radical (unpaired) electrons. The fourth-order valence-electron chi connectivity index (χ4n) is 3.21. The molecule has 132 valence electrons. The number of hydrogen-bond acceptors (Lipinski definition) is 3. The highest BCUT2D eigenvalue weighted by atomic mass is 19.1. The maximum absolute atomic E-state index is 14.1. The number of hydrogen-bond donors (Lipinski definition) is 1. The molecule has 2 aromatic carbocycles. The van der Waals surface area contributed by atoms with E-state index in [-0.39, 0.29) is 30.9 Å². The third kappa shape index (κ3) is 3.79. The van der Waals surface area contributed by atoms with Crippen molar-refractivity contribution in [3.63, 3.8) is 0 Å². The summed E-state index contributed by atoms with van der Waals surface area (Å²) in [6.07, 6.45) is -0.483. The molecular weight excluding hydrogens is 328 g/mol. The van der Waals surface area contributed by atoms with Crippen LogP contribution in [0.1, 0.15) is 23.6 Å². The molecule has 1 aliphatic heterocycles. The van der Waals surface area contributed by atoms with Crippen LogP contribution in [0.3, 0.4) is 0 Å². The van der Waals surface area contributed by atoms with Gasteiger partial charge in [0.1, 0.15) is 17.4 Å². The van der Waals surface area contributed by atoms with E-state index in [0.29, 0.717) is 5.75 Å². The van der Waals surface area contributed by atoms with Gasteiger partial charge in [-0.1, -0.05) is 12.1 Å². The molecule has 0 bridgehead atoms. The van der Waals surface area contributed by atoms with Crippen molar-refractivity contribution >= 4 is 5.91 Å². The summed E-state index contributed by atoms with van der Waals surface area (Å²) in [5.41, 5.74) is 0.847. The third-order valence-electron chi connectivity index (χ3n) is 4.41. The molecule has 4 nitrogen and oxygen atoms in total. The molecule has 25 heavy (non-hydrogen) atoms. The van der Waals surface area contributed by atoms with E-state index in [1.54, 1.807) is 31.4 Å². The van der Waals surface area contributed by atoms with Crippen LogP contribution in [0.4, 0.5) is 8.78 Å². The average Bonchev–Trinajstić information content (AvgIpc) is 2.99. The number of benzene rings is 2. The van der Waals surface area contributed by atoms with Crippen molar-refractivity contribution in [2.45, 2.75) is 25.0 Å². The normalized spacial score (nSPS) is 19.9. The van der Waals surface area contributed by atoms with Crippen LogP contribution in [0, 0.1) is 11.6 Å². The SMILES string of the molecule is COc1cccc(CC(=O)N2C[C@H](O)C[C@@H]2c2cc(F)ccc2F)c1. The molecule has 2 aromatic rings. The van der Waals surface area contributed by atoms with Crippen molar-refractivity contribution in [3.05, 3.63) is 65.2 Å². The van der Waals surface area contributed by atoms with Gasteiger partial charge in [0.05, 0.1) is 25.7 Å². The summed E-state index contributed by atoms with van der Waals surface area (Å²) in [7, 11) is 1.54. The Hall–Kier alpha value is -2.47. The number of aliphatic hydroxyl groups excluding tert-OH is 1. The lowest BCUT2D eigenvalue weighted by Crippen LogP contribution is -2.33. The molecule has 1 heterocycles. The zero-order valence-corrected chi connectivity index (χ0v) is 13.8. The van der Waals surface area contributed by atoms with Crippen LogP contribution in [-0.4, -0.2) is 35.7 Å². The number of halogens is 2. The predicted molar refractivity (Wildman–Crippen MR) is 88.1 cm³/mol. The second kappa shape index (κ2) is 7.19. The number of amides is 1. The standard InChI is InChI=1S/C19H19F2NO3/c1-25-15-4-2-3-12(7-15)8-19(24)22-11-14(23)10-18(22)16-9-13(20)5-6-17(16)21/h2-7,9,14,18,23H,8,10-11H2,1H3/t14-,18-/m1/s1. The van der Waals surface area contributed by atoms with Crippen LogP contribution in [-0.2, 0) is 11.2 Å². The van der Waals surface area contributed by atoms with Gasteiger partial charge >= 0.3 is 0 Å². The monoisotopic (exact) mass is 347 g/mol. The van der Waals surface area contributed by atoms with Gasteiger partial charge in [0.25, 0.3) is 0 Å². The quantitative estimate of drug-likeness (QED) is 0.925. The number of rotatable bonds is 4. The minimum Gasteiger partial charge on any atom is -0.497 e. The fraction of sp³-hybridized carbons (Fsp3) is 0.316. The topological polar surface area (TPSA) is 49.8 Å². The van der Waals surface area contributed by atoms with Gasteiger partial charge < -0.3 is 14.7 Å². The van der Waals surface area contributed by atoms with Crippen LogP contribution in [0.25, 0.3) is 0 Å². The summed E-state index contributed by atoms with van der Waals surface area (Å²) >= 11 is 0. The average molecular weight is 347 g/mol. The fourth-order valence-corrected chi connectivity index (χ4v) is 3.21. The summed E-state index contributed by atoms with van der Waals surface area (Å²) in [5.74, 6) is -0.768. The Morgan fingerprint density at radius 2 is 2.08 bits per heavy atom. The van der Waals surface area contributed by atoms with Crippen LogP contribution in [0.5, 0.6) is 5.75 Å². The van der Waals surface area contributed by atoms with Crippen molar-refractivity contribution < 1.29 is 23.4 Å². The number of likely N-dealkylation sites (tertiary alicyclic amines) is 1. The minimum absolute atomic E-state index is 0.0931. The summed E-state index contributed by atoms with van der Waals surface area (Å²) < 4.78 is 32.8. The number of nitrogens with zero attached hydrogens (tertiary/aromatic N) is 1. The minimum atomic E-state index is -0.762. The highest BCUT2D eigenvalue weighted by Gasteiger charge is 2.36. The molecule has 1 N–H and O–H groups in total. The maximum atomic E-state index is 14.1. The van der Waals surface area contributed by atoms with Crippen molar-refractivity contribution in [2.75, 3.05) is 13.7 Å². The molecule has 2 atom stereocenters. The molecule has 1 amide bonds. The first-order valence-electron chi connectivity index (χ1n) is 8.03. The van der Waals surface area contributed by atoms with Crippen LogP contribution >= 0.6 is 0 Å². The lowest BCUT2D eigenvalue weighted by Gasteiger charge is -2.25. The molecule has 0 spiro atoms. The third-order valence-corrected chi connectivity index (χ3v) is 4.41. The van der Waals surface area contributed by atoms with Crippen molar-refractivity contribution in [1.82, 2.24) is 4.90 Å². The number of ether oxygens (including phenoxy) is 1. The Morgan fingerprint density at radius 3 is 2.84 bits per heavy atom. The first-order chi connectivity index (χ1) is 12.0. The van der Waals surface area contributed by atoms with Crippen LogP contribution < -0.4 is 4.74 Å². The number of methoxy groups -OCH3 is 1. The number of aliphatic hydroxyl groups is 1. The molecule has 1 aliphatic rings. The molecule has 0 saturated carbocycles. The molecule has 6 heteroatoms. The second-order valence-corrected chi connectivity index (χ2v) is 6.15. The summed E-state index contributed by atoms with van der Waals surface area (Å²) in [6, 6.07) is 9.59. The van der Waals surface area contributed by atoms with E-state index in [4.69, 9.17) is 4.74 Å².